The van der Waals surface area contributed by atoms with Gasteiger partial charge in [0.25, 0.3) is 0 Å². The van der Waals surface area contributed by atoms with Crippen LogP contribution in [0.4, 0.5) is 11.4 Å². The van der Waals surface area contributed by atoms with Crippen molar-refractivity contribution in [3.05, 3.63) is 58.1 Å². The maximum Gasteiger partial charge on any atom is 0.0576 e. The molecule has 2 rings (SSSR count). The Morgan fingerprint density at radius 3 is 2.30 bits per heavy atom. The molecule has 0 saturated heterocycles. The van der Waals surface area contributed by atoms with Crippen molar-refractivity contribution in [2.45, 2.75) is 34.1 Å². The largest absolute Gasteiger partial charge is 0.397 e. The highest BCUT2D eigenvalue weighted by Crippen LogP contribution is 2.23. The van der Waals surface area contributed by atoms with Gasteiger partial charge in [-0.3, -0.25) is 0 Å². The minimum absolute atomic E-state index is 0.828. The topological polar surface area (TPSA) is 38.0 Å². The first kappa shape index (κ1) is 14.4. The molecule has 0 aliphatic carbocycles. The summed E-state index contributed by atoms with van der Waals surface area (Å²) < 4.78 is 0. The van der Waals surface area contributed by atoms with E-state index < -0.39 is 0 Å². The second-order valence-corrected chi connectivity index (χ2v) is 5.63. The molecular formula is C18H24N2. The molecule has 2 aromatic rings. The molecule has 0 bridgehead atoms. The smallest absolute Gasteiger partial charge is 0.0576 e. The van der Waals surface area contributed by atoms with Crippen molar-refractivity contribution in [1.29, 1.82) is 0 Å². The zero-order chi connectivity index (χ0) is 14.7. The average molecular weight is 268 g/mol. The number of nitrogens with one attached hydrogen (secondary N) is 1. The summed E-state index contributed by atoms with van der Waals surface area (Å²) in [5.74, 6) is 0. The highest BCUT2D eigenvalue weighted by molar-refractivity contribution is 5.68. The van der Waals surface area contributed by atoms with Crippen LogP contribution in [0.5, 0.6) is 0 Å². The van der Waals surface area contributed by atoms with E-state index in [2.05, 4.69) is 57.3 Å². The molecular weight excluding hydrogens is 244 g/mol. The summed E-state index contributed by atoms with van der Waals surface area (Å²) in [4.78, 5) is 0. The van der Waals surface area contributed by atoms with Crippen molar-refractivity contribution in [2.24, 2.45) is 0 Å². The molecule has 0 amide bonds. The van der Waals surface area contributed by atoms with Crippen molar-refractivity contribution < 1.29 is 0 Å². The molecule has 2 aromatic carbocycles. The monoisotopic (exact) mass is 268 g/mol. The van der Waals surface area contributed by atoms with Crippen LogP contribution in [0.1, 0.15) is 27.8 Å². The quantitative estimate of drug-likeness (QED) is 0.817. The van der Waals surface area contributed by atoms with Crippen LogP contribution in [0, 0.1) is 27.7 Å². The van der Waals surface area contributed by atoms with Crippen molar-refractivity contribution in [2.75, 3.05) is 17.6 Å². The van der Waals surface area contributed by atoms with Gasteiger partial charge < -0.3 is 11.1 Å². The Hall–Kier alpha value is -1.96. The normalized spacial score (nSPS) is 10.6. The van der Waals surface area contributed by atoms with Crippen molar-refractivity contribution in [1.82, 2.24) is 0 Å². The minimum atomic E-state index is 0.828. The van der Waals surface area contributed by atoms with Gasteiger partial charge in [0.1, 0.15) is 0 Å². The average Bonchev–Trinajstić information content (AvgIpc) is 2.38. The molecule has 0 heterocycles. The molecule has 0 atom stereocenters. The van der Waals surface area contributed by atoms with Gasteiger partial charge in [0.2, 0.25) is 0 Å². The fourth-order valence-electron chi connectivity index (χ4n) is 2.45. The lowest BCUT2D eigenvalue weighted by molar-refractivity contribution is 1.00. The minimum Gasteiger partial charge on any atom is -0.397 e. The van der Waals surface area contributed by atoms with Gasteiger partial charge in [0, 0.05) is 6.54 Å². The molecule has 3 N–H and O–H groups in total. The van der Waals surface area contributed by atoms with Crippen LogP contribution in [-0.2, 0) is 6.42 Å². The van der Waals surface area contributed by atoms with E-state index in [-0.39, 0.29) is 0 Å². The third kappa shape index (κ3) is 3.32. The van der Waals surface area contributed by atoms with Gasteiger partial charge in [-0.15, -0.1) is 0 Å². The highest BCUT2D eigenvalue weighted by atomic mass is 14.9. The first-order chi connectivity index (χ1) is 9.47. The van der Waals surface area contributed by atoms with Gasteiger partial charge in [-0.2, -0.15) is 0 Å². The summed E-state index contributed by atoms with van der Waals surface area (Å²) in [6.07, 6.45) is 1.01. The van der Waals surface area contributed by atoms with Gasteiger partial charge in [-0.1, -0.05) is 23.8 Å². The van der Waals surface area contributed by atoms with Crippen LogP contribution in [0.15, 0.2) is 30.3 Å². The SMILES string of the molecule is Cc1ccc(CCNc2cc(C)c(C)cc2N)c(C)c1. The number of nitrogens with two attached hydrogens (primary N) is 1. The van der Waals surface area contributed by atoms with Gasteiger partial charge in [0.15, 0.2) is 0 Å². The van der Waals surface area contributed by atoms with Crippen LogP contribution in [0.25, 0.3) is 0 Å². The summed E-state index contributed by atoms with van der Waals surface area (Å²) in [5, 5.41) is 3.45. The number of hydrogen-bond acceptors (Lipinski definition) is 2. The van der Waals surface area contributed by atoms with Crippen LogP contribution in [-0.4, -0.2) is 6.54 Å². The van der Waals surface area contributed by atoms with Gasteiger partial charge in [0.05, 0.1) is 11.4 Å². The second-order valence-electron chi connectivity index (χ2n) is 5.63. The van der Waals surface area contributed by atoms with E-state index in [4.69, 9.17) is 5.73 Å². The Morgan fingerprint density at radius 1 is 0.900 bits per heavy atom. The lowest BCUT2D eigenvalue weighted by Crippen LogP contribution is -2.08. The third-order valence-electron chi connectivity index (χ3n) is 3.87. The molecule has 0 saturated carbocycles. The number of nitrogen functional groups attached to an aromatic ring is 1. The van der Waals surface area contributed by atoms with E-state index in [0.29, 0.717) is 0 Å². The maximum atomic E-state index is 6.06. The molecule has 0 aliphatic heterocycles. The molecule has 2 nitrogen and oxygen atoms in total. The van der Waals surface area contributed by atoms with E-state index in [1.165, 1.54) is 27.8 Å². The van der Waals surface area contributed by atoms with Crippen molar-refractivity contribution in [3.8, 4) is 0 Å². The number of anilines is 2. The van der Waals surface area contributed by atoms with Crippen molar-refractivity contribution >= 4 is 11.4 Å². The Labute approximate surface area is 122 Å². The fraction of sp³-hybridized carbons (Fsp3) is 0.333. The third-order valence-corrected chi connectivity index (χ3v) is 3.87. The Balaban J connectivity index is 2.01. The lowest BCUT2D eigenvalue weighted by Gasteiger charge is -2.13. The molecule has 0 spiro atoms. The van der Waals surface area contributed by atoms with E-state index in [9.17, 15) is 0 Å². The van der Waals surface area contributed by atoms with E-state index in [0.717, 1.165) is 24.3 Å². The van der Waals surface area contributed by atoms with Crippen LogP contribution in [0.3, 0.4) is 0 Å². The summed E-state index contributed by atoms with van der Waals surface area (Å²) in [6, 6.07) is 10.8. The first-order valence-corrected chi connectivity index (χ1v) is 7.14. The summed E-state index contributed by atoms with van der Waals surface area (Å²) in [6.45, 7) is 9.41. The predicted octanol–water partition coefficient (Wildman–Crippen LogP) is 4.16. The zero-order valence-corrected chi connectivity index (χ0v) is 12.9. The number of aryl methyl sites for hydroxylation is 4. The Kier molecular flexibility index (Phi) is 4.33. The van der Waals surface area contributed by atoms with Gasteiger partial charge in [-0.25, -0.2) is 0 Å². The van der Waals surface area contributed by atoms with Crippen LogP contribution >= 0.6 is 0 Å². The zero-order valence-electron chi connectivity index (χ0n) is 12.9. The number of hydrogen-bond donors (Lipinski definition) is 2. The summed E-state index contributed by atoms with van der Waals surface area (Å²) in [5.41, 5.74) is 14.5. The van der Waals surface area contributed by atoms with E-state index >= 15 is 0 Å². The molecule has 0 aromatic heterocycles. The molecule has 20 heavy (non-hydrogen) atoms. The molecule has 2 heteroatoms. The second kappa shape index (κ2) is 6.00. The number of benzene rings is 2. The number of rotatable bonds is 4. The molecule has 0 fully saturated rings. The fourth-order valence-corrected chi connectivity index (χ4v) is 2.45. The van der Waals surface area contributed by atoms with Crippen LogP contribution in [0.2, 0.25) is 0 Å². The standard InChI is InChI=1S/C18H24N2/c1-12-5-6-16(15(4)9-12)7-8-20-18-11-14(3)13(2)10-17(18)19/h5-6,9-11,20H,7-8,19H2,1-4H3. The maximum absolute atomic E-state index is 6.06. The van der Waals surface area contributed by atoms with Crippen molar-refractivity contribution in [3.63, 3.8) is 0 Å². The summed E-state index contributed by atoms with van der Waals surface area (Å²) >= 11 is 0. The molecule has 106 valence electrons. The van der Waals surface area contributed by atoms with Gasteiger partial charge in [-0.05, 0) is 68.5 Å². The first-order valence-electron chi connectivity index (χ1n) is 7.14. The Morgan fingerprint density at radius 2 is 1.60 bits per heavy atom. The van der Waals surface area contributed by atoms with Gasteiger partial charge >= 0.3 is 0 Å². The van der Waals surface area contributed by atoms with E-state index in [1.807, 2.05) is 6.07 Å². The predicted molar refractivity (Wildman–Crippen MR) is 88.4 cm³/mol. The van der Waals surface area contributed by atoms with E-state index in [1.54, 1.807) is 0 Å². The molecule has 0 unspecified atom stereocenters. The Bertz CT molecular complexity index is 615. The lowest BCUT2D eigenvalue weighted by atomic mass is 10.0. The highest BCUT2D eigenvalue weighted by Gasteiger charge is 2.03. The van der Waals surface area contributed by atoms with Crippen LogP contribution < -0.4 is 11.1 Å². The molecule has 0 radical (unpaired) electrons. The summed E-state index contributed by atoms with van der Waals surface area (Å²) in [7, 11) is 0. The molecule has 0 aliphatic rings.